The van der Waals surface area contributed by atoms with Gasteiger partial charge in [-0.15, -0.1) is 0 Å². The van der Waals surface area contributed by atoms with E-state index in [1.54, 1.807) is 44.2 Å². The van der Waals surface area contributed by atoms with Gasteiger partial charge in [-0.3, -0.25) is 14.9 Å². The monoisotopic (exact) mass is 660 g/mol. The highest BCUT2D eigenvalue weighted by atomic mass is 79.9. The fourth-order valence-electron chi connectivity index (χ4n) is 3.88. The average molecular weight is 662 g/mol. The number of nitrogens with one attached hydrogen (secondary N) is 1. The van der Waals surface area contributed by atoms with Crippen LogP contribution >= 0.6 is 39.1 Å². The first-order valence-electron chi connectivity index (χ1n) is 12.3. The maximum absolute atomic E-state index is 13.3. The Morgan fingerprint density at radius 1 is 0.951 bits per heavy atom. The van der Waals surface area contributed by atoms with Crippen LogP contribution in [0.2, 0.25) is 10.0 Å². The van der Waals surface area contributed by atoms with Gasteiger partial charge in [0.1, 0.15) is 12.2 Å². The molecule has 4 rings (SSSR count). The molecule has 12 heteroatoms. The molecule has 212 valence electrons. The maximum atomic E-state index is 13.3. The van der Waals surface area contributed by atoms with E-state index in [9.17, 15) is 19.2 Å². The van der Waals surface area contributed by atoms with Crippen LogP contribution in [-0.2, 0) is 20.9 Å². The van der Waals surface area contributed by atoms with Crippen LogP contribution in [0.25, 0.3) is 6.08 Å². The molecule has 4 amide bonds. The molecule has 0 atom stereocenters. The summed E-state index contributed by atoms with van der Waals surface area (Å²) in [6, 6.07) is 13.2. The van der Waals surface area contributed by atoms with Crippen molar-refractivity contribution >= 4 is 74.7 Å². The Balaban J connectivity index is 1.62. The Labute approximate surface area is 254 Å². The second-order valence-corrected chi connectivity index (χ2v) is 10.2. The molecule has 1 N–H and O–H groups in total. The molecule has 0 unspecified atom stereocenters. The summed E-state index contributed by atoms with van der Waals surface area (Å²) < 4.78 is 17.2. The third-order valence-corrected chi connectivity index (χ3v) is 7.08. The first-order chi connectivity index (χ1) is 19.6. The van der Waals surface area contributed by atoms with E-state index >= 15 is 0 Å². The van der Waals surface area contributed by atoms with Crippen molar-refractivity contribution in [3.63, 3.8) is 0 Å². The highest BCUT2D eigenvalue weighted by Gasteiger charge is 2.37. The number of halogens is 3. The molecule has 1 heterocycles. The fourth-order valence-corrected chi connectivity index (χ4v) is 4.77. The highest BCUT2D eigenvalue weighted by Crippen LogP contribution is 2.38. The van der Waals surface area contributed by atoms with Gasteiger partial charge in [0.05, 0.1) is 39.0 Å². The summed E-state index contributed by atoms with van der Waals surface area (Å²) in [5.74, 6) is -1.47. The number of rotatable bonds is 9. The van der Waals surface area contributed by atoms with Gasteiger partial charge in [-0.1, -0.05) is 29.3 Å². The predicted molar refractivity (Wildman–Crippen MR) is 158 cm³/mol. The quantitative estimate of drug-likeness (QED) is 0.157. The van der Waals surface area contributed by atoms with Crippen molar-refractivity contribution in [2.75, 3.05) is 18.1 Å². The van der Waals surface area contributed by atoms with Crippen LogP contribution in [-0.4, -0.2) is 37.0 Å². The van der Waals surface area contributed by atoms with Crippen LogP contribution in [0, 0.1) is 0 Å². The lowest BCUT2D eigenvalue weighted by atomic mass is 10.1. The molecule has 41 heavy (non-hydrogen) atoms. The van der Waals surface area contributed by atoms with E-state index in [-0.39, 0.29) is 30.0 Å². The van der Waals surface area contributed by atoms with Gasteiger partial charge in [-0.05, 0) is 95.5 Å². The Morgan fingerprint density at radius 3 is 2.34 bits per heavy atom. The average Bonchev–Trinajstić information content (AvgIpc) is 2.93. The minimum atomic E-state index is -0.914. The third kappa shape index (κ3) is 6.90. The lowest BCUT2D eigenvalue weighted by Gasteiger charge is -2.26. The van der Waals surface area contributed by atoms with E-state index in [4.69, 9.17) is 37.4 Å². The maximum Gasteiger partial charge on any atom is 0.338 e. The zero-order valence-corrected chi connectivity index (χ0v) is 24.9. The summed E-state index contributed by atoms with van der Waals surface area (Å²) in [6.45, 7) is 4.18. The Bertz CT molecular complexity index is 1560. The molecule has 0 bridgehead atoms. The van der Waals surface area contributed by atoms with Crippen molar-refractivity contribution in [2.24, 2.45) is 0 Å². The number of hydrogen-bond donors (Lipinski definition) is 1. The van der Waals surface area contributed by atoms with Crippen LogP contribution in [0.15, 0.2) is 64.6 Å². The van der Waals surface area contributed by atoms with Crippen LogP contribution < -0.4 is 19.7 Å². The first-order valence-corrected chi connectivity index (χ1v) is 13.9. The van der Waals surface area contributed by atoms with Crippen LogP contribution in [0.3, 0.4) is 0 Å². The van der Waals surface area contributed by atoms with Gasteiger partial charge in [-0.2, -0.15) is 0 Å². The number of carbonyl (C=O) groups is 4. The molecule has 0 radical (unpaired) electrons. The number of ether oxygens (including phenoxy) is 3. The van der Waals surface area contributed by atoms with Gasteiger partial charge in [0.2, 0.25) is 0 Å². The molecular formula is C29H23BrCl2N2O7. The minimum absolute atomic E-state index is 0.168. The van der Waals surface area contributed by atoms with E-state index in [0.717, 1.165) is 10.5 Å². The Kier molecular flexibility index (Phi) is 9.69. The smallest absolute Gasteiger partial charge is 0.338 e. The molecule has 3 aromatic carbocycles. The van der Waals surface area contributed by atoms with E-state index in [1.165, 1.54) is 30.3 Å². The van der Waals surface area contributed by atoms with Crippen molar-refractivity contribution < 1.29 is 33.4 Å². The molecule has 0 aromatic heterocycles. The first kappa shape index (κ1) is 30.1. The lowest BCUT2D eigenvalue weighted by molar-refractivity contribution is -0.122. The topological polar surface area (TPSA) is 111 Å². The molecule has 1 aliphatic rings. The number of carbonyl (C=O) groups excluding carboxylic acids is 4. The number of anilines is 1. The van der Waals surface area contributed by atoms with Gasteiger partial charge in [0.15, 0.2) is 11.5 Å². The van der Waals surface area contributed by atoms with Crippen LogP contribution in [0.4, 0.5) is 10.5 Å². The number of urea groups is 1. The van der Waals surface area contributed by atoms with Crippen LogP contribution in [0.5, 0.6) is 11.5 Å². The van der Waals surface area contributed by atoms with Gasteiger partial charge in [0.25, 0.3) is 11.8 Å². The van der Waals surface area contributed by atoms with E-state index in [1.807, 2.05) is 0 Å². The number of benzene rings is 3. The highest BCUT2D eigenvalue weighted by molar-refractivity contribution is 9.10. The van der Waals surface area contributed by atoms with Gasteiger partial charge in [-0.25, -0.2) is 14.5 Å². The summed E-state index contributed by atoms with van der Waals surface area (Å²) in [5.41, 5.74) is 1.36. The second kappa shape index (κ2) is 13.2. The van der Waals surface area contributed by atoms with Crippen LogP contribution in [0.1, 0.15) is 35.3 Å². The summed E-state index contributed by atoms with van der Waals surface area (Å²) in [7, 11) is 0. The molecular weight excluding hydrogens is 639 g/mol. The fraction of sp³-hybridized carbons (Fsp3) is 0.172. The summed E-state index contributed by atoms with van der Waals surface area (Å²) in [5, 5.41) is 3.01. The van der Waals surface area contributed by atoms with Gasteiger partial charge in [0, 0.05) is 0 Å². The largest absolute Gasteiger partial charge is 0.490 e. The summed E-state index contributed by atoms with van der Waals surface area (Å²) in [6.07, 6.45) is 1.35. The normalized spacial score (nSPS) is 14.2. The molecule has 9 nitrogen and oxygen atoms in total. The van der Waals surface area contributed by atoms with Gasteiger partial charge >= 0.3 is 12.0 Å². The van der Waals surface area contributed by atoms with E-state index in [2.05, 4.69) is 21.2 Å². The lowest BCUT2D eigenvalue weighted by Crippen LogP contribution is -2.54. The summed E-state index contributed by atoms with van der Waals surface area (Å²) in [4.78, 5) is 51.4. The SMILES string of the molecule is CCOC(=O)c1ccc(N2C(=O)NC(=O)/C(=C\c3cc(Br)c(OCc4ccc(Cl)c(Cl)c4)c(OCC)c3)C2=O)cc1. The zero-order chi connectivity index (χ0) is 29.7. The molecule has 1 saturated heterocycles. The molecule has 3 aromatic rings. The zero-order valence-electron chi connectivity index (χ0n) is 21.8. The van der Waals surface area contributed by atoms with Gasteiger partial charge < -0.3 is 14.2 Å². The summed E-state index contributed by atoms with van der Waals surface area (Å²) >= 11 is 15.6. The molecule has 0 aliphatic carbocycles. The predicted octanol–water partition coefficient (Wildman–Crippen LogP) is 6.58. The number of amides is 4. The minimum Gasteiger partial charge on any atom is -0.490 e. The Hall–Kier alpha value is -3.86. The number of hydrogen-bond acceptors (Lipinski definition) is 7. The van der Waals surface area contributed by atoms with Crippen molar-refractivity contribution in [1.82, 2.24) is 5.32 Å². The van der Waals surface area contributed by atoms with Crippen molar-refractivity contribution in [2.45, 2.75) is 20.5 Å². The van der Waals surface area contributed by atoms with E-state index in [0.29, 0.717) is 38.2 Å². The number of esters is 1. The second-order valence-electron chi connectivity index (χ2n) is 8.53. The number of nitrogens with zero attached hydrogens (tertiary/aromatic N) is 1. The molecule has 0 spiro atoms. The molecule has 1 fully saturated rings. The van der Waals surface area contributed by atoms with Crippen molar-refractivity contribution in [3.8, 4) is 11.5 Å². The third-order valence-electron chi connectivity index (χ3n) is 5.75. The molecule has 0 saturated carbocycles. The number of imide groups is 2. The standard InChI is InChI=1S/C29H23BrCl2N2O7/c1-3-39-24-14-17(12-21(30)25(24)41-15-16-5-10-22(31)23(32)13-16)11-20-26(35)33-29(38)34(27(20)36)19-8-6-18(7-9-19)28(37)40-4-2/h5-14H,3-4,15H2,1-2H3,(H,33,35,38)/b20-11+. The molecule has 1 aliphatic heterocycles. The van der Waals surface area contributed by atoms with Crippen molar-refractivity contribution in [1.29, 1.82) is 0 Å². The van der Waals surface area contributed by atoms with E-state index < -0.39 is 23.8 Å². The number of barbiturate groups is 1. The van der Waals surface area contributed by atoms with Crippen molar-refractivity contribution in [3.05, 3.63) is 91.4 Å². The Morgan fingerprint density at radius 2 is 1.68 bits per heavy atom.